The Morgan fingerprint density at radius 3 is 2.37 bits per heavy atom. The average molecular weight is 254 g/mol. The zero-order chi connectivity index (χ0) is 13.1. The zero-order valence-corrected chi connectivity index (χ0v) is 11.5. The second-order valence-corrected chi connectivity index (χ2v) is 6.20. The molecule has 0 aliphatic heterocycles. The summed E-state index contributed by atoms with van der Waals surface area (Å²) in [4.78, 5) is 0. The van der Waals surface area contributed by atoms with Gasteiger partial charge in [-0.2, -0.15) is 5.26 Å². The van der Waals surface area contributed by atoms with Gasteiger partial charge in [0.05, 0.1) is 11.5 Å². The molecule has 1 N–H and O–H groups in total. The second kappa shape index (κ2) is 5.25. The summed E-state index contributed by atoms with van der Waals surface area (Å²) in [6.07, 6.45) is 8.99. The number of hydrogen-bond acceptors (Lipinski definition) is 2. The van der Waals surface area contributed by atoms with Crippen LogP contribution in [0.15, 0.2) is 24.3 Å². The predicted octanol–water partition coefficient (Wildman–Crippen LogP) is 4.45. The van der Waals surface area contributed by atoms with Crippen LogP contribution in [0.3, 0.4) is 0 Å². The summed E-state index contributed by atoms with van der Waals surface area (Å²) >= 11 is 0. The number of hydrogen-bond donors (Lipinski definition) is 1. The quantitative estimate of drug-likeness (QED) is 0.861. The van der Waals surface area contributed by atoms with E-state index in [-0.39, 0.29) is 5.41 Å². The first-order valence-corrected chi connectivity index (χ1v) is 7.56. The summed E-state index contributed by atoms with van der Waals surface area (Å²) in [5, 5.41) is 12.5. The van der Waals surface area contributed by atoms with E-state index in [0.29, 0.717) is 0 Å². The lowest BCUT2D eigenvalue weighted by Crippen LogP contribution is -2.13. The molecule has 2 aliphatic rings. The molecule has 2 aliphatic carbocycles. The molecule has 2 fully saturated rings. The zero-order valence-electron chi connectivity index (χ0n) is 11.5. The fourth-order valence-electron chi connectivity index (χ4n) is 3.06. The molecule has 0 radical (unpaired) electrons. The van der Waals surface area contributed by atoms with Crippen molar-refractivity contribution in [3.63, 3.8) is 0 Å². The average Bonchev–Trinajstić information content (AvgIpc) is 3.27. The first-order valence-electron chi connectivity index (χ1n) is 7.56. The third kappa shape index (κ3) is 2.92. The molecule has 2 heteroatoms. The third-order valence-electron chi connectivity index (χ3n) is 4.71. The van der Waals surface area contributed by atoms with Crippen molar-refractivity contribution in [1.82, 2.24) is 0 Å². The number of benzene rings is 1. The fourth-order valence-corrected chi connectivity index (χ4v) is 3.06. The highest BCUT2D eigenvalue weighted by Gasteiger charge is 2.42. The van der Waals surface area contributed by atoms with Crippen LogP contribution in [-0.4, -0.2) is 6.54 Å². The van der Waals surface area contributed by atoms with Crippen molar-refractivity contribution in [3.05, 3.63) is 29.8 Å². The van der Waals surface area contributed by atoms with E-state index in [1.165, 1.54) is 37.7 Å². The number of nitrogens with zero attached hydrogens (tertiary/aromatic N) is 1. The van der Waals surface area contributed by atoms with Crippen molar-refractivity contribution in [2.75, 3.05) is 11.9 Å². The summed E-state index contributed by atoms with van der Waals surface area (Å²) in [6, 6.07) is 11.3. The topological polar surface area (TPSA) is 35.8 Å². The van der Waals surface area contributed by atoms with Gasteiger partial charge in [-0.05, 0) is 49.3 Å². The lowest BCUT2D eigenvalue weighted by molar-refractivity contribution is 0.443. The largest absolute Gasteiger partial charge is 0.383 e. The number of rotatable bonds is 4. The first kappa shape index (κ1) is 12.5. The molecule has 0 aromatic heterocycles. The van der Waals surface area contributed by atoms with Crippen LogP contribution < -0.4 is 5.32 Å². The summed E-state index contributed by atoms with van der Waals surface area (Å²) in [5.74, 6) is 0.775. The number of nitriles is 1. The van der Waals surface area contributed by atoms with E-state index in [1.54, 1.807) is 0 Å². The summed E-state index contributed by atoms with van der Waals surface area (Å²) < 4.78 is 0. The Morgan fingerprint density at radius 2 is 1.79 bits per heavy atom. The van der Waals surface area contributed by atoms with Crippen molar-refractivity contribution < 1.29 is 0 Å². The Labute approximate surface area is 115 Å². The summed E-state index contributed by atoms with van der Waals surface area (Å²) in [7, 11) is 0. The standard InChI is InChI=1S/C17H22N2/c18-12-17(10-11-17)13-19-16-8-6-15(7-9-16)14-4-2-1-3-5-14/h6-9,14,19H,1-5,10-11,13H2. The molecule has 0 amide bonds. The van der Waals surface area contributed by atoms with Crippen molar-refractivity contribution in [2.24, 2.45) is 5.41 Å². The van der Waals surface area contributed by atoms with Crippen molar-refractivity contribution in [1.29, 1.82) is 5.26 Å². The molecule has 0 saturated heterocycles. The smallest absolute Gasteiger partial charge is 0.0747 e. The van der Waals surface area contributed by atoms with E-state index in [1.807, 2.05) is 0 Å². The van der Waals surface area contributed by atoms with Gasteiger partial charge in [-0.3, -0.25) is 0 Å². The van der Waals surface area contributed by atoms with Crippen molar-refractivity contribution >= 4 is 5.69 Å². The van der Waals surface area contributed by atoms with Crippen LogP contribution in [-0.2, 0) is 0 Å². The minimum atomic E-state index is -0.0674. The molecule has 0 bridgehead atoms. The highest BCUT2D eigenvalue weighted by molar-refractivity contribution is 5.46. The Morgan fingerprint density at radius 1 is 1.11 bits per heavy atom. The van der Waals surface area contributed by atoms with E-state index in [2.05, 4.69) is 35.7 Å². The van der Waals surface area contributed by atoms with Crippen molar-refractivity contribution in [2.45, 2.75) is 50.9 Å². The van der Waals surface area contributed by atoms with E-state index < -0.39 is 0 Å². The van der Waals surface area contributed by atoms with Crippen LogP contribution in [0.25, 0.3) is 0 Å². The highest BCUT2D eigenvalue weighted by Crippen LogP contribution is 2.44. The first-order chi connectivity index (χ1) is 9.31. The van der Waals surface area contributed by atoms with Crippen LogP contribution in [0.1, 0.15) is 56.4 Å². The maximum Gasteiger partial charge on any atom is 0.0747 e. The highest BCUT2D eigenvalue weighted by atomic mass is 14.9. The molecule has 0 unspecified atom stereocenters. The van der Waals surface area contributed by atoms with E-state index in [4.69, 9.17) is 5.26 Å². The van der Waals surface area contributed by atoms with Gasteiger partial charge in [0.25, 0.3) is 0 Å². The molecular formula is C17H22N2. The van der Waals surface area contributed by atoms with Crippen LogP contribution in [0, 0.1) is 16.7 Å². The molecule has 0 heterocycles. The lowest BCUT2D eigenvalue weighted by Gasteiger charge is -2.22. The molecule has 3 rings (SSSR count). The number of anilines is 1. The van der Waals surface area contributed by atoms with Crippen LogP contribution >= 0.6 is 0 Å². The second-order valence-electron chi connectivity index (χ2n) is 6.20. The van der Waals surface area contributed by atoms with Crippen molar-refractivity contribution in [3.8, 4) is 6.07 Å². The van der Waals surface area contributed by atoms with Crippen LogP contribution in [0.2, 0.25) is 0 Å². The van der Waals surface area contributed by atoms with Gasteiger partial charge >= 0.3 is 0 Å². The van der Waals surface area contributed by atoms with E-state index in [0.717, 1.165) is 31.0 Å². The Kier molecular flexibility index (Phi) is 3.46. The summed E-state index contributed by atoms with van der Waals surface area (Å²) in [5.41, 5.74) is 2.58. The van der Waals surface area contributed by atoms with Gasteiger partial charge in [0.2, 0.25) is 0 Å². The molecule has 100 valence electrons. The Hall–Kier alpha value is -1.49. The molecule has 19 heavy (non-hydrogen) atoms. The minimum Gasteiger partial charge on any atom is -0.383 e. The van der Waals surface area contributed by atoms with Gasteiger partial charge in [-0.25, -0.2) is 0 Å². The predicted molar refractivity (Wildman–Crippen MR) is 78.0 cm³/mol. The fraction of sp³-hybridized carbons (Fsp3) is 0.588. The lowest BCUT2D eigenvalue weighted by atomic mass is 9.84. The summed E-state index contributed by atoms with van der Waals surface area (Å²) in [6.45, 7) is 0.798. The molecule has 1 aromatic rings. The van der Waals surface area contributed by atoms with Crippen LogP contribution in [0.4, 0.5) is 5.69 Å². The molecular weight excluding hydrogens is 232 g/mol. The van der Waals surface area contributed by atoms with Gasteiger partial charge in [0, 0.05) is 12.2 Å². The maximum absolute atomic E-state index is 9.06. The normalized spacial score (nSPS) is 21.6. The molecule has 2 saturated carbocycles. The molecule has 0 spiro atoms. The number of nitrogens with one attached hydrogen (secondary N) is 1. The van der Waals surface area contributed by atoms with E-state index in [9.17, 15) is 0 Å². The monoisotopic (exact) mass is 254 g/mol. The Balaban J connectivity index is 1.58. The van der Waals surface area contributed by atoms with Gasteiger partial charge in [-0.15, -0.1) is 0 Å². The molecule has 2 nitrogen and oxygen atoms in total. The van der Waals surface area contributed by atoms with Gasteiger partial charge in [0.15, 0.2) is 0 Å². The Bertz CT molecular complexity index is 459. The van der Waals surface area contributed by atoms with Gasteiger partial charge in [-0.1, -0.05) is 31.4 Å². The SMILES string of the molecule is N#CC1(CNc2ccc(C3CCCCC3)cc2)CC1. The van der Waals surface area contributed by atoms with Gasteiger partial charge in [0.1, 0.15) is 0 Å². The minimum absolute atomic E-state index is 0.0674. The van der Waals surface area contributed by atoms with Gasteiger partial charge < -0.3 is 5.32 Å². The maximum atomic E-state index is 9.06. The molecule has 1 aromatic carbocycles. The van der Waals surface area contributed by atoms with Crippen LogP contribution in [0.5, 0.6) is 0 Å². The third-order valence-corrected chi connectivity index (χ3v) is 4.71. The van der Waals surface area contributed by atoms with E-state index >= 15 is 0 Å². The molecule has 0 atom stereocenters.